The Hall–Kier alpha value is -0.940. The van der Waals surface area contributed by atoms with E-state index in [1.807, 2.05) is 0 Å². The van der Waals surface area contributed by atoms with Crippen LogP contribution in [0.5, 0.6) is 0 Å². The molecule has 2 heterocycles. The molecule has 1 aliphatic heterocycles. The van der Waals surface area contributed by atoms with Crippen molar-refractivity contribution in [2.45, 2.75) is 65.0 Å². The van der Waals surface area contributed by atoms with E-state index in [1.54, 1.807) is 0 Å². The van der Waals surface area contributed by atoms with Gasteiger partial charge in [0.15, 0.2) is 5.82 Å². The summed E-state index contributed by atoms with van der Waals surface area (Å²) in [6.07, 6.45) is 5.65. The first kappa shape index (κ1) is 14.5. The molecule has 5 heteroatoms. The molecule has 2 atom stereocenters. The first-order chi connectivity index (χ1) is 8.97. The topological polar surface area (TPSA) is 74.2 Å². The third-order valence-electron chi connectivity index (χ3n) is 3.65. The molecule has 1 aliphatic rings. The first-order valence-electron chi connectivity index (χ1n) is 7.16. The zero-order chi connectivity index (χ0) is 13.9. The van der Waals surface area contributed by atoms with Gasteiger partial charge < -0.3 is 15.0 Å². The Morgan fingerprint density at radius 3 is 2.79 bits per heavy atom. The Morgan fingerprint density at radius 2 is 2.16 bits per heavy atom. The van der Waals surface area contributed by atoms with Crippen molar-refractivity contribution in [3.63, 3.8) is 0 Å². The number of rotatable bonds is 4. The maximum atomic E-state index is 6.11. The highest BCUT2D eigenvalue weighted by molar-refractivity contribution is 4.98. The molecule has 2 rings (SSSR count). The number of hydrogen-bond acceptors (Lipinski definition) is 5. The van der Waals surface area contributed by atoms with Gasteiger partial charge >= 0.3 is 0 Å². The smallest absolute Gasteiger partial charge is 0.226 e. The molecular formula is C14H25N3O2. The lowest BCUT2D eigenvalue weighted by atomic mass is 9.87. The second-order valence-corrected chi connectivity index (χ2v) is 6.42. The number of hydrogen-bond donors (Lipinski definition) is 1. The van der Waals surface area contributed by atoms with Gasteiger partial charge in [0.1, 0.15) is 0 Å². The van der Waals surface area contributed by atoms with Gasteiger partial charge in [-0.25, -0.2) is 0 Å². The maximum Gasteiger partial charge on any atom is 0.226 e. The van der Waals surface area contributed by atoms with E-state index in [-0.39, 0.29) is 11.5 Å². The number of nitrogens with two attached hydrogens (primary N) is 1. The molecule has 5 nitrogen and oxygen atoms in total. The van der Waals surface area contributed by atoms with Crippen LogP contribution in [0.3, 0.4) is 0 Å². The van der Waals surface area contributed by atoms with Crippen LogP contribution in [0.25, 0.3) is 0 Å². The lowest BCUT2D eigenvalue weighted by molar-refractivity contribution is 0.0104. The Bertz CT molecular complexity index is 392. The molecule has 0 aromatic carbocycles. The van der Waals surface area contributed by atoms with E-state index in [9.17, 15) is 0 Å². The molecule has 0 bridgehead atoms. The molecule has 2 unspecified atom stereocenters. The fourth-order valence-corrected chi connectivity index (χ4v) is 2.20. The molecule has 0 aliphatic carbocycles. The van der Waals surface area contributed by atoms with Crippen molar-refractivity contribution in [3.05, 3.63) is 11.7 Å². The molecule has 108 valence electrons. The van der Waals surface area contributed by atoms with Gasteiger partial charge in [0, 0.05) is 13.0 Å². The predicted molar refractivity (Wildman–Crippen MR) is 72.6 cm³/mol. The Balaban J connectivity index is 1.86. The molecule has 1 fully saturated rings. The van der Waals surface area contributed by atoms with Gasteiger partial charge in [-0.15, -0.1) is 0 Å². The van der Waals surface area contributed by atoms with Crippen LogP contribution in [0.2, 0.25) is 0 Å². The van der Waals surface area contributed by atoms with E-state index in [1.165, 1.54) is 12.8 Å². The largest absolute Gasteiger partial charge is 0.378 e. The number of aryl methyl sites for hydroxylation is 1. The molecule has 0 spiro atoms. The van der Waals surface area contributed by atoms with Crippen molar-refractivity contribution in [2.24, 2.45) is 11.1 Å². The zero-order valence-corrected chi connectivity index (χ0v) is 12.2. The van der Waals surface area contributed by atoms with Crippen LogP contribution in [-0.2, 0) is 11.2 Å². The molecule has 19 heavy (non-hydrogen) atoms. The van der Waals surface area contributed by atoms with Gasteiger partial charge in [0.05, 0.1) is 12.1 Å². The second kappa shape index (κ2) is 6.01. The van der Waals surface area contributed by atoms with Crippen LogP contribution in [0, 0.1) is 5.41 Å². The van der Waals surface area contributed by atoms with E-state index < -0.39 is 0 Å². The van der Waals surface area contributed by atoms with Gasteiger partial charge in [0.25, 0.3) is 0 Å². The van der Waals surface area contributed by atoms with E-state index in [0.717, 1.165) is 25.9 Å². The number of nitrogens with zero attached hydrogens (tertiary/aromatic N) is 2. The van der Waals surface area contributed by atoms with Crippen molar-refractivity contribution in [3.8, 4) is 0 Å². The summed E-state index contributed by atoms with van der Waals surface area (Å²) in [6, 6.07) is -0.198. The van der Waals surface area contributed by atoms with Crippen LogP contribution in [0.1, 0.15) is 64.2 Å². The third kappa shape index (κ3) is 4.01. The average molecular weight is 267 g/mol. The summed E-state index contributed by atoms with van der Waals surface area (Å²) >= 11 is 0. The van der Waals surface area contributed by atoms with Crippen molar-refractivity contribution < 1.29 is 9.26 Å². The van der Waals surface area contributed by atoms with Crippen LogP contribution >= 0.6 is 0 Å². The Labute approximate surface area is 114 Å². The highest BCUT2D eigenvalue weighted by Crippen LogP contribution is 2.28. The van der Waals surface area contributed by atoms with E-state index in [2.05, 4.69) is 30.9 Å². The molecule has 2 N–H and O–H groups in total. The van der Waals surface area contributed by atoms with Gasteiger partial charge in [-0.1, -0.05) is 25.9 Å². The first-order valence-corrected chi connectivity index (χ1v) is 7.16. The van der Waals surface area contributed by atoms with Crippen molar-refractivity contribution in [2.75, 3.05) is 6.61 Å². The van der Waals surface area contributed by atoms with E-state index in [0.29, 0.717) is 17.8 Å². The number of ether oxygens (including phenoxy) is 1. The summed E-state index contributed by atoms with van der Waals surface area (Å²) in [5.41, 5.74) is 6.05. The maximum absolute atomic E-state index is 6.11. The molecule has 1 aromatic heterocycles. The normalized spacial score (nSPS) is 22.4. The molecule has 1 saturated heterocycles. The van der Waals surface area contributed by atoms with E-state index in [4.69, 9.17) is 15.0 Å². The van der Waals surface area contributed by atoms with Gasteiger partial charge in [-0.05, 0) is 31.1 Å². The highest BCUT2D eigenvalue weighted by Gasteiger charge is 2.27. The van der Waals surface area contributed by atoms with Crippen molar-refractivity contribution in [1.29, 1.82) is 0 Å². The lowest BCUT2D eigenvalue weighted by Gasteiger charge is -2.23. The highest BCUT2D eigenvalue weighted by atomic mass is 16.5. The number of aromatic nitrogens is 2. The molecule has 0 saturated carbocycles. The predicted octanol–water partition coefficient (Wildman–Crippen LogP) is 2.62. The zero-order valence-electron chi connectivity index (χ0n) is 12.2. The molecule has 1 aromatic rings. The minimum absolute atomic E-state index is 0.0619. The summed E-state index contributed by atoms with van der Waals surface area (Å²) in [4.78, 5) is 4.40. The third-order valence-corrected chi connectivity index (χ3v) is 3.65. The minimum atomic E-state index is -0.198. The summed E-state index contributed by atoms with van der Waals surface area (Å²) in [5, 5.41) is 3.99. The fraction of sp³-hybridized carbons (Fsp3) is 0.857. The van der Waals surface area contributed by atoms with Crippen LogP contribution in [0.15, 0.2) is 4.52 Å². The summed E-state index contributed by atoms with van der Waals surface area (Å²) in [6.45, 7) is 7.10. The van der Waals surface area contributed by atoms with Crippen LogP contribution in [-0.4, -0.2) is 22.9 Å². The van der Waals surface area contributed by atoms with Gasteiger partial charge in [-0.3, -0.25) is 0 Å². The Morgan fingerprint density at radius 1 is 1.37 bits per heavy atom. The SMILES string of the molecule is CC(C)(C)C(N)c1noc(CCC2CCCCO2)n1. The van der Waals surface area contributed by atoms with Crippen LogP contribution < -0.4 is 5.73 Å². The molecular weight excluding hydrogens is 242 g/mol. The van der Waals surface area contributed by atoms with Gasteiger partial charge in [0.2, 0.25) is 5.89 Å². The average Bonchev–Trinajstić information content (AvgIpc) is 2.84. The molecule has 0 amide bonds. The Kier molecular flexibility index (Phi) is 4.58. The monoisotopic (exact) mass is 267 g/mol. The summed E-state index contributed by atoms with van der Waals surface area (Å²) in [5.74, 6) is 1.27. The van der Waals surface area contributed by atoms with Crippen molar-refractivity contribution in [1.82, 2.24) is 10.1 Å². The fourth-order valence-electron chi connectivity index (χ4n) is 2.20. The van der Waals surface area contributed by atoms with Crippen molar-refractivity contribution >= 4 is 0 Å². The van der Waals surface area contributed by atoms with Crippen LogP contribution in [0.4, 0.5) is 0 Å². The van der Waals surface area contributed by atoms with E-state index >= 15 is 0 Å². The standard InChI is InChI=1S/C14H25N3O2/c1-14(2,3)12(15)13-16-11(19-17-13)8-7-10-6-4-5-9-18-10/h10,12H,4-9,15H2,1-3H3. The summed E-state index contributed by atoms with van der Waals surface area (Å²) < 4.78 is 11.0. The minimum Gasteiger partial charge on any atom is -0.378 e. The summed E-state index contributed by atoms with van der Waals surface area (Å²) in [7, 11) is 0. The second-order valence-electron chi connectivity index (χ2n) is 6.42. The quantitative estimate of drug-likeness (QED) is 0.907. The molecule has 0 radical (unpaired) electrons. The lowest BCUT2D eigenvalue weighted by Crippen LogP contribution is -2.27. The van der Waals surface area contributed by atoms with Gasteiger partial charge in [-0.2, -0.15) is 4.98 Å².